The highest BCUT2D eigenvalue weighted by Crippen LogP contribution is 2.35. The average Bonchev–Trinajstić information content (AvgIpc) is 3.12. The fourth-order valence-corrected chi connectivity index (χ4v) is 3.64. The molecule has 2 aromatic carbocycles. The van der Waals surface area contributed by atoms with Gasteiger partial charge in [0.05, 0.1) is 18.6 Å². The number of rotatable bonds is 5. The van der Waals surface area contributed by atoms with Crippen LogP contribution in [0.1, 0.15) is 23.9 Å². The zero-order valence-corrected chi connectivity index (χ0v) is 16.8. The Morgan fingerprint density at radius 2 is 1.59 bits per heavy atom. The summed E-state index contributed by atoms with van der Waals surface area (Å²) in [6.45, 7) is 6.09. The highest BCUT2D eigenvalue weighted by Gasteiger charge is 2.22. The van der Waals surface area contributed by atoms with Crippen molar-refractivity contribution >= 4 is 11.6 Å². The van der Waals surface area contributed by atoms with Crippen molar-refractivity contribution in [1.29, 1.82) is 0 Å². The second-order valence-electron chi connectivity index (χ2n) is 6.93. The van der Waals surface area contributed by atoms with Gasteiger partial charge in [-0.2, -0.15) is 5.10 Å². The Bertz CT molecular complexity index is 1170. The lowest BCUT2D eigenvalue weighted by Gasteiger charge is -2.11. The number of carbonyl (C=O) groups excluding carboxylic acids is 1. The van der Waals surface area contributed by atoms with Crippen molar-refractivity contribution < 1.29 is 9.53 Å². The molecule has 0 aliphatic heterocycles. The normalized spacial score (nSPS) is 11.0. The summed E-state index contributed by atoms with van der Waals surface area (Å²) in [4.78, 5) is 17.0. The second-order valence-corrected chi connectivity index (χ2v) is 6.93. The lowest BCUT2D eigenvalue weighted by atomic mass is 10.0. The molecule has 0 spiro atoms. The summed E-state index contributed by atoms with van der Waals surface area (Å²) in [5.41, 5.74) is 7.33. The summed E-state index contributed by atoms with van der Waals surface area (Å²) in [5, 5.41) is 4.92. The molecule has 0 aliphatic rings. The standard InChI is InChI=1S/C24H23N3O2/c1-4-29-21(28)15-20-16(2)25-24-22(18-11-7-5-8-12-18)23(26-27(24)17(20)3)19-13-9-6-10-14-19/h5-14H,4,15H2,1-3H3. The molecule has 5 nitrogen and oxygen atoms in total. The second kappa shape index (κ2) is 7.87. The molecule has 4 aromatic rings. The van der Waals surface area contributed by atoms with Gasteiger partial charge in [-0.3, -0.25) is 4.79 Å². The van der Waals surface area contributed by atoms with Crippen LogP contribution in [0.4, 0.5) is 0 Å². The summed E-state index contributed by atoms with van der Waals surface area (Å²) in [6, 6.07) is 20.3. The van der Waals surface area contributed by atoms with Gasteiger partial charge < -0.3 is 4.74 Å². The van der Waals surface area contributed by atoms with Crippen LogP contribution in [0.3, 0.4) is 0 Å². The van der Waals surface area contributed by atoms with E-state index in [4.69, 9.17) is 14.8 Å². The molecule has 0 bridgehead atoms. The molecule has 0 saturated carbocycles. The van der Waals surface area contributed by atoms with Crippen molar-refractivity contribution in [3.63, 3.8) is 0 Å². The van der Waals surface area contributed by atoms with Gasteiger partial charge in [0.1, 0.15) is 5.69 Å². The third-order valence-electron chi connectivity index (χ3n) is 5.06. The minimum absolute atomic E-state index is 0.190. The molecule has 0 radical (unpaired) electrons. The van der Waals surface area contributed by atoms with Crippen LogP contribution in [0.2, 0.25) is 0 Å². The summed E-state index contributed by atoms with van der Waals surface area (Å²) < 4.78 is 6.99. The summed E-state index contributed by atoms with van der Waals surface area (Å²) in [5.74, 6) is -0.251. The number of aromatic nitrogens is 3. The van der Waals surface area contributed by atoms with E-state index in [1.807, 2.05) is 61.7 Å². The maximum absolute atomic E-state index is 12.1. The van der Waals surface area contributed by atoms with Crippen molar-refractivity contribution in [2.45, 2.75) is 27.2 Å². The molecule has 0 amide bonds. The zero-order chi connectivity index (χ0) is 20.4. The van der Waals surface area contributed by atoms with Gasteiger partial charge in [0.2, 0.25) is 0 Å². The highest BCUT2D eigenvalue weighted by atomic mass is 16.5. The molecule has 0 saturated heterocycles. The van der Waals surface area contributed by atoms with Crippen LogP contribution in [-0.2, 0) is 16.0 Å². The number of benzene rings is 2. The first-order valence-electron chi connectivity index (χ1n) is 9.75. The predicted octanol–water partition coefficient (Wildman–Crippen LogP) is 4.79. The molecule has 0 aliphatic carbocycles. The van der Waals surface area contributed by atoms with E-state index in [0.717, 1.165) is 45.0 Å². The zero-order valence-electron chi connectivity index (χ0n) is 16.8. The number of hydrogen-bond donors (Lipinski definition) is 0. The van der Waals surface area contributed by atoms with E-state index < -0.39 is 0 Å². The Kier molecular flexibility index (Phi) is 5.12. The number of nitrogens with zero attached hydrogens (tertiary/aromatic N) is 3. The number of esters is 1. The maximum Gasteiger partial charge on any atom is 0.310 e. The smallest absolute Gasteiger partial charge is 0.310 e. The summed E-state index contributed by atoms with van der Waals surface area (Å²) in [7, 11) is 0. The van der Waals surface area contributed by atoms with Gasteiger partial charge in [-0.1, -0.05) is 60.7 Å². The molecule has 0 atom stereocenters. The number of aryl methyl sites for hydroxylation is 2. The van der Waals surface area contributed by atoms with Crippen LogP contribution in [0, 0.1) is 13.8 Å². The Morgan fingerprint density at radius 3 is 2.21 bits per heavy atom. The van der Waals surface area contributed by atoms with Crippen LogP contribution in [0.15, 0.2) is 60.7 Å². The fraction of sp³-hybridized carbons (Fsp3) is 0.208. The van der Waals surface area contributed by atoms with E-state index in [9.17, 15) is 4.79 Å². The first-order chi connectivity index (χ1) is 14.1. The molecule has 0 N–H and O–H groups in total. The third kappa shape index (κ3) is 3.51. The van der Waals surface area contributed by atoms with Crippen LogP contribution in [-0.4, -0.2) is 27.2 Å². The highest BCUT2D eigenvalue weighted by molar-refractivity contribution is 5.90. The first-order valence-corrected chi connectivity index (χ1v) is 9.75. The van der Waals surface area contributed by atoms with Gasteiger partial charge in [0.25, 0.3) is 0 Å². The topological polar surface area (TPSA) is 56.5 Å². The van der Waals surface area contributed by atoms with Crippen molar-refractivity contribution in [1.82, 2.24) is 14.6 Å². The molecular formula is C24H23N3O2. The molecule has 4 rings (SSSR count). The lowest BCUT2D eigenvalue weighted by Crippen LogP contribution is -2.13. The van der Waals surface area contributed by atoms with E-state index in [0.29, 0.717) is 6.61 Å². The van der Waals surface area contributed by atoms with E-state index in [1.54, 1.807) is 0 Å². The monoisotopic (exact) mass is 385 g/mol. The van der Waals surface area contributed by atoms with Crippen molar-refractivity contribution in [3.8, 4) is 22.4 Å². The molecule has 5 heteroatoms. The van der Waals surface area contributed by atoms with Gasteiger partial charge in [0, 0.05) is 22.5 Å². The van der Waals surface area contributed by atoms with Gasteiger partial charge >= 0.3 is 5.97 Å². The minimum atomic E-state index is -0.251. The SMILES string of the molecule is CCOC(=O)Cc1c(C)nc2c(-c3ccccc3)c(-c3ccccc3)nn2c1C. The molecular weight excluding hydrogens is 362 g/mol. The molecule has 146 valence electrons. The lowest BCUT2D eigenvalue weighted by molar-refractivity contribution is -0.142. The van der Waals surface area contributed by atoms with Gasteiger partial charge in [-0.05, 0) is 26.3 Å². The Hall–Kier alpha value is -3.47. The van der Waals surface area contributed by atoms with Crippen molar-refractivity contribution in [3.05, 3.63) is 77.6 Å². The first kappa shape index (κ1) is 18.9. The molecule has 0 unspecified atom stereocenters. The van der Waals surface area contributed by atoms with E-state index in [1.165, 1.54) is 0 Å². The van der Waals surface area contributed by atoms with Gasteiger partial charge in [-0.15, -0.1) is 0 Å². The van der Waals surface area contributed by atoms with Crippen molar-refractivity contribution in [2.24, 2.45) is 0 Å². The molecule has 29 heavy (non-hydrogen) atoms. The Labute approximate surface area is 170 Å². The van der Waals surface area contributed by atoms with Crippen LogP contribution in [0.5, 0.6) is 0 Å². The van der Waals surface area contributed by atoms with Crippen LogP contribution in [0.25, 0.3) is 28.0 Å². The summed E-state index contributed by atoms with van der Waals surface area (Å²) in [6.07, 6.45) is 0.190. The van der Waals surface area contributed by atoms with Gasteiger partial charge in [-0.25, -0.2) is 9.50 Å². The minimum Gasteiger partial charge on any atom is -0.466 e. The Balaban J connectivity index is 1.98. The van der Waals surface area contributed by atoms with Gasteiger partial charge in [0.15, 0.2) is 5.65 Å². The molecule has 0 fully saturated rings. The summed E-state index contributed by atoms with van der Waals surface area (Å²) >= 11 is 0. The quantitative estimate of drug-likeness (QED) is 0.464. The fourth-order valence-electron chi connectivity index (χ4n) is 3.64. The van der Waals surface area contributed by atoms with Crippen LogP contribution < -0.4 is 0 Å². The molecule has 2 aromatic heterocycles. The van der Waals surface area contributed by atoms with E-state index >= 15 is 0 Å². The van der Waals surface area contributed by atoms with E-state index in [2.05, 4.69) is 24.3 Å². The van der Waals surface area contributed by atoms with Crippen LogP contribution >= 0.6 is 0 Å². The Morgan fingerprint density at radius 1 is 0.966 bits per heavy atom. The molecule has 2 heterocycles. The number of fused-ring (bicyclic) bond motifs is 1. The third-order valence-corrected chi connectivity index (χ3v) is 5.06. The number of carbonyl (C=O) groups is 1. The largest absolute Gasteiger partial charge is 0.466 e. The van der Waals surface area contributed by atoms with Crippen molar-refractivity contribution in [2.75, 3.05) is 6.61 Å². The van der Waals surface area contributed by atoms with E-state index in [-0.39, 0.29) is 12.4 Å². The number of hydrogen-bond acceptors (Lipinski definition) is 4. The number of ether oxygens (including phenoxy) is 1. The predicted molar refractivity (Wildman–Crippen MR) is 114 cm³/mol. The average molecular weight is 385 g/mol. The maximum atomic E-state index is 12.1.